The first-order valence-electron chi connectivity index (χ1n) is 5.90. The van der Waals surface area contributed by atoms with Gasteiger partial charge in [-0.25, -0.2) is 9.37 Å². The summed E-state index contributed by atoms with van der Waals surface area (Å²) in [7, 11) is 3.40. The van der Waals surface area contributed by atoms with Crippen molar-refractivity contribution in [1.82, 2.24) is 15.2 Å². The first-order chi connectivity index (χ1) is 8.61. The Labute approximate surface area is 106 Å². The van der Waals surface area contributed by atoms with Gasteiger partial charge in [-0.1, -0.05) is 0 Å². The fourth-order valence-corrected chi connectivity index (χ4v) is 2.07. The van der Waals surface area contributed by atoms with E-state index in [9.17, 15) is 9.18 Å². The number of likely N-dealkylation sites (N-methyl/N-ethyl adjacent to an activating group) is 1. The van der Waals surface area contributed by atoms with E-state index in [1.807, 2.05) is 0 Å². The number of hydrogen-bond donors (Lipinski definition) is 1. The summed E-state index contributed by atoms with van der Waals surface area (Å²) < 4.78 is 13.8. The van der Waals surface area contributed by atoms with E-state index < -0.39 is 11.9 Å². The van der Waals surface area contributed by atoms with Crippen LogP contribution in [0.25, 0.3) is 0 Å². The van der Waals surface area contributed by atoms with Crippen molar-refractivity contribution in [1.29, 1.82) is 0 Å². The molecule has 6 heteroatoms. The van der Waals surface area contributed by atoms with Gasteiger partial charge < -0.3 is 15.1 Å². The maximum atomic E-state index is 13.8. The molecule has 0 radical (unpaired) electrons. The van der Waals surface area contributed by atoms with Crippen LogP contribution in [-0.2, 0) is 4.79 Å². The van der Waals surface area contributed by atoms with Gasteiger partial charge in [-0.2, -0.15) is 0 Å². The van der Waals surface area contributed by atoms with Gasteiger partial charge in [-0.05, 0) is 12.1 Å². The fraction of sp³-hybridized carbons (Fsp3) is 0.500. The maximum Gasteiger partial charge on any atom is 0.246 e. The summed E-state index contributed by atoms with van der Waals surface area (Å²) in [5.41, 5.74) is 0. The van der Waals surface area contributed by atoms with Gasteiger partial charge in [0.15, 0.2) is 11.6 Å². The summed E-state index contributed by atoms with van der Waals surface area (Å²) in [5.74, 6) is -0.192. The minimum absolute atomic E-state index is 0.0488. The fourth-order valence-electron chi connectivity index (χ4n) is 2.07. The predicted octanol–water partition coefficient (Wildman–Crippen LogP) is 0.0871. The van der Waals surface area contributed by atoms with E-state index in [-0.39, 0.29) is 11.7 Å². The molecule has 98 valence electrons. The summed E-state index contributed by atoms with van der Waals surface area (Å²) in [6, 6.07) is 2.50. The highest BCUT2D eigenvalue weighted by molar-refractivity contribution is 5.85. The van der Waals surface area contributed by atoms with Crippen LogP contribution < -0.4 is 10.2 Å². The van der Waals surface area contributed by atoms with E-state index in [1.54, 1.807) is 25.1 Å². The number of piperazine rings is 1. The molecule has 0 spiro atoms. The number of carbonyl (C=O) groups is 1. The number of anilines is 1. The molecule has 18 heavy (non-hydrogen) atoms. The summed E-state index contributed by atoms with van der Waals surface area (Å²) in [6.07, 6.45) is 1.54. The molecule has 0 saturated carbocycles. The maximum absolute atomic E-state index is 13.8. The molecule has 1 N–H and O–H groups in total. The topological polar surface area (TPSA) is 48.5 Å². The molecule has 1 saturated heterocycles. The monoisotopic (exact) mass is 252 g/mol. The molecule has 2 rings (SSSR count). The van der Waals surface area contributed by atoms with Crippen LogP contribution in [0.1, 0.15) is 0 Å². The van der Waals surface area contributed by atoms with Gasteiger partial charge in [0.1, 0.15) is 6.04 Å². The Balaban J connectivity index is 2.29. The van der Waals surface area contributed by atoms with Crippen molar-refractivity contribution < 1.29 is 9.18 Å². The van der Waals surface area contributed by atoms with Gasteiger partial charge in [-0.3, -0.25) is 4.79 Å². The molecule has 1 fully saturated rings. The van der Waals surface area contributed by atoms with Crippen molar-refractivity contribution in [2.75, 3.05) is 38.6 Å². The van der Waals surface area contributed by atoms with Crippen molar-refractivity contribution in [3.63, 3.8) is 0 Å². The van der Waals surface area contributed by atoms with Crippen LogP contribution in [0.15, 0.2) is 18.3 Å². The number of nitrogens with zero attached hydrogens (tertiary/aromatic N) is 3. The zero-order valence-electron chi connectivity index (χ0n) is 10.6. The zero-order valence-corrected chi connectivity index (χ0v) is 10.6. The van der Waals surface area contributed by atoms with Gasteiger partial charge in [-0.15, -0.1) is 0 Å². The Morgan fingerprint density at radius 2 is 2.39 bits per heavy atom. The molecular weight excluding hydrogens is 235 g/mol. The molecule has 0 aromatic carbocycles. The van der Waals surface area contributed by atoms with E-state index in [0.717, 1.165) is 0 Å². The molecule has 1 amide bonds. The molecule has 2 heterocycles. The Morgan fingerprint density at radius 1 is 1.61 bits per heavy atom. The van der Waals surface area contributed by atoms with Crippen molar-refractivity contribution >= 4 is 11.7 Å². The SMILES string of the molecule is CN(C)C(=O)C1CNCCN1c1ncccc1F. The summed E-state index contributed by atoms with van der Waals surface area (Å²) in [6.45, 7) is 1.79. The van der Waals surface area contributed by atoms with Crippen LogP contribution in [0.2, 0.25) is 0 Å². The number of halogens is 1. The molecule has 1 aliphatic heterocycles. The third kappa shape index (κ3) is 2.43. The van der Waals surface area contributed by atoms with Crippen molar-refractivity contribution in [3.8, 4) is 0 Å². The Bertz CT molecular complexity index is 438. The number of hydrogen-bond acceptors (Lipinski definition) is 4. The third-order valence-electron chi connectivity index (χ3n) is 2.98. The number of nitrogens with one attached hydrogen (secondary N) is 1. The first kappa shape index (κ1) is 12.8. The Hall–Kier alpha value is -1.69. The molecule has 1 unspecified atom stereocenters. The lowest BCUT2D eigenvalue weighted by molar-refractivity contribution is -0.130. The summed E-state index contributed by atoms with van der Waals surface area (Å²) in [5, 5.41) is 3.15. The second kappa shape index (κ2) is 5.30. The second-order valence-electron chi connectivity index (χ2n) is 4.45. The highest BCUT2D eigenvalue weighted by Crippen LogP contribution is 2.19. The van der Waals surface area contributed by atoms with Gasteiger partial charge in [0.25, 0.3) is 0 Å². The smallest absolute Gasteiger partial charge is 0.246 e. The Kier molecular flexibility index (Phi) is 3.76. The van der Waals surface area contributed by atoms with Crippen LogP contribution in [0.4, 0.5) is 10.2 Å². The van der Waals surface area contributed by atoms with E-state index >= 15 is 0 Å². The van der Waals surface area contributed by atoms with Crippen molar-refractivity contribution in [2.24, 2.45) is 0 Å². The summed E-state index contributed by atoms with van der Waals surface area (Å²) >= 11 is 0. The van der Waals surface area contributed by atoms with Crippen LogP contribution in [0, 0.1) is 5.82 Å². The average molecular weight is 252 g/mol. The average Bonchev–Trinajstić information content (AvgIpc) is 2.38. The van der Waals surface area contributed by atoms with E-state index in [0.29, 0.717) is 19.6 Å². The molecule has 0 aliphatic carbocycles. The van der Waals surface area contributed by atoms with Crippen LogP contribution in [-0.4, -0.2) is 55.6 Å². The summed E-state index contributed by atoms with van der Waals surface area (Å²) in [4.78, 5) is 19.4. The molecule has 1 aliphatic rings. The number of aromatic nitrogens is 1. The number of pyridine rings is 1. The zero-order chi connectivity index (χ0) is 13.1. The number of carbonyl (C=O) groups excluding carboxylic acids is 1. The van der Waals surface area contributed by atoms with Gasteiger partial charge in [0.2, 0.25) is 5.91 Å². The van der Waals surface area contributed by atoms with E-state index in [2.05, 4.69) is 10.3 Å². The molecule has 0 bridgehead atoms. The minimum atomic E-state index is -0.404. The largest absolute Gasteiger partial charge is 0.347 e. The molecule has 1 atom stereocenters. The highest BCUT2D eigenvalue weighted by Gasteiger charge is 2.31. The van der Waals surface area contributed by atoms with Crippen LogP contribution in [0.3, 0.4) is 0 Å². The van der Waals surface area contributed by atoms with Crippen LogP contribution >= 0.6 is 0 Å². The number of rotatable bonds is 2. The van der Waals surface area contributed by atoms with Gasteiger partial charge in [0.05, 0.1) is 0 Å². The third-order valence-corrected chi connectivity index (χ3v) is 2.98. The quantitative estimate of drug-likeness (QED) is 0.810. The Morgan fingerprint density at radius 3 is 3.06 bits per heavy atom. The molecular formula is C12H17FN4O. The lowest BCUT2D eigenvalue weighted by Gasteiger charge is -2.37. The van der Waals surface area contributed by atoms with E-state index in [4.69, 9.17) is 0 Å². The molecule has 1 aromatic heterocycles. The second-order valence-corrected chi connectivity index (χ2v) is 4.45. The highest BCUT2D eigenvalue weighted by atomic mass is 19.1. The van der Waals surface area contributed by atoms with Crippen molar-refractivity contribution in [3.05, 3.63) is 24.1 Å². The van der Waals surface area contributed by atoms with E-state index in [1.165, 1.54) is 17.2 Å². The standard InChI is InChI=1S/C12H17FN4O/c1-16(2)12(18)10-8-14-6-7-17(10)11-9(13)4-3-5-15-11/h3-5,10,14H,6-8H2,1-2H3. The van der Waals surface area contributed by atoms with Gasteiger partial charge in [0, 0.05) is 39.9 Å². The molecule has 5 nitrogen and oxygen atoms in total. The normalized spacial score (nSPS) is 19.7. The predicted molar refractivity (Wildman–Crippen MR) is 66.9 cm³/mol. The number of amides is 1. The lowest BCUT2D eigenvalue weighted by Crippen LogP contribution is -2.58. The van der Waals surface area contributed by atoms with Crippen molar-refractivity contribution in [2.45, 2.75) is 6.04 Å². The lowest BCUT2D eigenvalue weighted by atomic mass is 10.1. The minimum Gasteiger partial charge on any atom is -0.347 e. The first-order valence-corrected chi connectivity index (χ1v) is 5.90. The van der Waals surface area contributed by atoms with Gasteiger partial charge >= 0.3 is 0 Å². The van der Waals surface area contributed by atoms with Crippen LogP contribution in [0.5, 0.6) is 0 Å². The molecule has 1 aromatic rings.